The lowest BCUT2D eigenvalue weighted by atomic mass is 9.97. The predicted molar refractivity (Wildman–Crippen MR) is 111 cm³/mol. The Morgan fingerprint density at radius 2 is 2.19 bits per heavy atom. The van der Waals surface area contributed by atoms with E-state index in [4.69, 9.17) is 21.2 Å². The van der Waals surface area contributed by atoms with Crippen molar-refractivity contribution in [3.8, 4) is 5.75 Å². The molecule has 0 spiro atoms. The van der Waals surface area contributed by atoms with E-state index in [2.05, 4.69) is 23.1 Å². The van der Waals surface area contributed by atoms with Gasteiger partial charge in [-0.15, -0.1) is 0 Å². The number of methoxy groups -OCH3 is 1. The molecular weight excluding hydrogens is 362 g/mol. The van der Waals surface area contributed by atoms with Crippen molar-refractivity contribution in [3.63, 3.8) is 0 Å². The molecule has 142 valence electrons. The van der Waals surface area contributed by atoms with E-state index in [0.29, 0.717) is 11.4 Å². The minimum absolute atomic E-state index is 0.191. The molecule has 0 aliphatic carbocycles. The zero-order valence-electron chi connectivity index (χ0n) is 16.1. The molecule has 1 aliphatic rings. The van der Waals surface area contributed by atoms with Gasteiger partial charge in [0, 0.05) is 42.2 Å². The lowest BCUT2D eigenvalue weighted by Gasteiger charge is -2.16. The minimum atomic E-state index is -0.191. The molecular formula is C21H24ClN3O2. The van der Waals surface area contributed by atoms with Crippen molar-refractivity contribution in [1.82, 2.24) is 4.90 Å². The Hall–Kier alpha value is -2.53. The van der Waals surface area contributed by atoms with Crippen LogP contribution in [-0.4, -0.2) is 37.7 Å². The molecule has 5 nitrogen and oxygen atoms in total. The maximum atomic E-state index is 6.09. The van der Waals surface area contributed by atoms with Gasteiger partial charge in [0.05, 0.1) is 24.8 Å². The highest BCUT2D eigenvalue weighted by Crippen LogP contribution is 2.38. The van der Waals surface area contributed by atoms with Crippen molar-refractivity contribution >= 4 is 29.3 Å². The normalized spacial score (nSPS) is 16.3. The molecule has 1 aliphatic heterocycles. The second-order valence-electron chi connectivity index (χ2n) is 6.54. The highest BCUT2D eigenvalue weighted by atomic mass is 35.5. The molecule has 0 aromatic heterocycles. The highest BCUT2D eigenvalue weighted by Gasteiger charge is 2.27. The Labute approximate surface area is 165 Å². The monoisotopic (exact) mass is 385 g/mol. The molecule has 0 radical (unpaired) electrons. The van der Waals surface area contributed by atoms with Gasteiger partial charge in [-0.3, -0.25) is 0 Å². The zero-order valence-corrected chi connectivity index (χ0v) is 16.8. The molecule has 1 heterocycles. The summed E-state index contributed by atoms with van der Waals surface area (Å²) in [6.07, 6.45) is 2.30. The second kappa shape index (κ2) is 8.44. The third-order valence-corrected chi connectivity index (χ3v) is 4.85. The molecule has 6 heteroatoms. The molecule has 1 atom stereocenters. The van der Waals surface area contributed by atoms with Gasteiger partial charge in [-0.2, -0.15) is 0 Å². The van der Waals surface area contributed by atoms with Crippen LogP contribution in [0.1, 0.15) is 36.1 Å². The SMILES string of the molecule is CCN(C)C=Nc1cc(OC)c(C2CC(c3cccc(Cl)c3)=NO2)cc1C. The molecule has 3 rings (SSSR count). The van der Waals surface area contributed by atoms with Crippen molar-refractivity contribution in [1.29, 1.82) is 0 Å². The Kier molecular flexibility index (Phi) is 6.01. The van der Waals surface area contributed by atoms with Crippen LogP contribution in [0.5, 0.6) is 5.75 Å². The summed E-state index contributed by atoms with van der Waals surface area (Å²) in [7, 11) is 3.65. The Morgan fingerprint density at radius 1 is 1.37 bits per heavy atom. The molecule has 0 bridgehead atoms. The molecule has 0 amide bonds. The fourth-order valence-electron chi connectivity index (χ4n) is 2.89. The molecule has 2 aromatic carbocycles. The number of hydrogen-bond acceptors (Lipinski definition) is 4. The van der Waals surface area contributed by atoms with E-state index in [1.54, 1.807) is 7.11 Å². The van der Waals surface area contributed by atoms with E-state index in [0.717, 1.165) is 40.4 Å². The summed E-state index contributed by atoms with van der Waals surface area (Å²) in [6.45, 7) is 5.02. The average molecular weight is 386 g/mol. The fraction of sp³-hybridized carbons (Fsp3) is 0.333. The predicted octanol–water partition coefficient (Wildman–Crippen LogP) is 5.13. The lowest BCUT2D eigenvalue weighted by Crippen LogP contribution is -2.14. The number of rotatable bonds is 6. The second-order valence-corrected chi connectivity index (χ2v) is 6.98. The highest BCUT2D eigenvalue weighted by molar-refractivity contribution is 6.31. The molecule has 0 saturated heterocycles. The van der Waals surface area contributed by atoms with Crippen molar-refractivity contribution in [2.24, 2.45) is 10.1 Å². The van der Waals surface area contributed by atoms with Gasteiger partial charge < -0.3 is 14.5 Å². The molecule has 0 fully saturated rings. The van der Waals surface area contributed by atoms with Crippen molar-refractivity contribution in [3.05, 3.63) is 58.1 Å². The van der Waals surface area contributed by atoms with Gasteiger partial charge in [0.1, 0.15) is 5.75 Å². The quantitative estimate of drug-likeness (QED) is 0.511. The van der Waals surface area contributed by atoms with E-state index in [-0.39, 0.29) is 6.10 Å². The number of hydrogen-bond donors (Lipinski definition) is 0. The topological polar surface area (TPSA) is 46.4 Å². The van der Waals surface area contributed by atoms with Crippen LogP contribution < -0.4 is 4.74 Å². The van der Waals surface area contributed by atoms with Crippen LogP contribution in [0.4, 0.5) is 5.69 Å². The molecule has 1 unspecified atom stereocenters. The van der Waals surface area contributed by atoms with Gasteiger partial charge in [0.2, 0.25) is 0 Å². The largest absolute Gasteiger partial charge is 0.496 e. The maximum Gasteiger partial charge on any atom is 0.161 e. The van der Waals surface area contributed by atoms with Crippen molar-refractivity contribution < 1.29 is 9.57 Å². The van der Waals surface area contributed by atoms with Gasteiger partial charge >= 0.3 is 0 Å². The van der Waals surface area contributed by atoms with Gasteiger partial charge in [0.25, 0.3) is 0 Å². The van der Waals surface area contributed by atoms with Crippen LogP contribution in [0, 0.1) is 6.92 Å². The summed E-state index contributed by atoms with van der Waals surface area (Å²) in [5, 5.41) is 4.96. The van der Waals surface area contributed by atoms with Crippen LogP contribution in [-0.2, 0) is 4.84 Å². The summed E-state index contributed by atoms with van der Waals surface area (Å²) in [5.41, 5.74) is 4.77. The third kappa shape index (κ3) is 4.42. The summed E-state index contributed by atoms with van der Waals surface area (Å²) in [5.74, 6) is 0.749. The summed E-state index contributed by atoms with van der Waals surface area (Å²) >= 11 is 6.09. The van der Waals surface area contributed by atoms with Crippen LogP contribution in [0.2, 0.25) is 5.02 Å². The fourth-order valence-corrected chi connectivity index (χ4v) is 3.08. The summed E-state index contributed by atoms with van der Waals surface area (Å²) in [6, 6.07) is 11.7. The Bertz CT molecular complexity index is 880. The first-order chi connectivity index (χ1) is 13.0. The Balaban J connectivity index is 1.83. The number of nitrogens with zero attached hydrogens (tertiary/aromatic N) is 3. The van der Waals surface area contributed by atoms with Crippen LogP contribution in [0.25, 0.3) is 0 Å². The van der Waals surface area contributed by atoms with Crippen LogP contribution in [0.15, 0.2) is 46.5 Å². The van der Waals surface area contributed by atoms with Gasteiger partial charge in [-0.05, 0) is 37.6 Å². The van der Waals surface area contributed by atoms with E-state index in [1.165, 1.54) is 0 Å². The van der Waals surface area contributed by atoms with E-state index >= 15 is 0 Å². The first-order valence-electron chi connectivity index (χ1n) is 8.93. The number of halogens is 1. The molecule has 0 N–H and O–H groups in total. The van der Waals surface area contributed by atoms with E-state index < -0.39 is 0 Å². The van der Waals surface area contributed by atoms with Crippen LogP contribution in [0.3, 0.4) is 0 Å². The first-order valence-corrected chi connectivity index (χ1v) is 9.31. The standard InChI is InChI=1S/C21H24ClN3O2/c1-5-25(3)13-23-18-11-20(26-4)17(9-14(18)2)21-12-19(24-27-21)15-7-6-8-16(22)10-15/h6-11,13,21H,5,12H2,1-4H3. The summed E-state index contributed by atoms with van der Waals surface area (Å²) in [4.78, 5) is 12.3. The minimum Gasteiger partial charge on any atom is -0.496 e. The lowest BCUT2D eigenvalue weighted by molar-refractivity contribution is 0.0836. The Morgan fingerprint density at radius 3 is 2.89 bits per heavy atom. The first kappa shape index (κ1) is 19.2. The maximum absolute atomic E-state index is 6.09. The summed E-state index contributed by atoms with van der Waals surface area (Å²) < 4.78 is 5.61. The number of benzene rings is 2. The number of aryl methyl sites for hydroxylation is 1. The molecule has 27 heavy (non-hydrogen) atoms. The number of ether oxygens (including phenoxy) is 1. The van der Waals surface area contributed by atoms with E-state index in [9.17, 15) is 0 Å². The zero-order chi connectivity index (χ0) is 19.4. The number of oxime groups is 1. The smallest absolute Gasteiger partial charge is 0.161 e. The van der Waals surface area contributed by atoms with Crippen molar-refractivity contribution in [2.75, 3.05) is 20.7 Å². The van der Waals surface area contributed by atoms with Gasteiger partial charge in [-0.1, -0.05) is 28.9 Å². The third-order valence-electron chi connectivity index (χ3n) is 4.61. The average Bonchev–Trinajstić information content (AvgIpc) is 3.16. The van der Waals surface area contributed by atoms with Crippen LogP contribution >= 0.6 is 11.6 Å². The van der Waals surface area contributed by atoms with Gasteiger partial charge in [0.15, 0.2) is 6.10 Å². The van der Waals surface area contributed by atoms with E-state index in [1.807, 2.05) is 55.5 Å². The molecule has 2 aromatic rings. The van der Waals surface area contributed by atoms with Gasteiger partial charge in [-0.25, -0.2) is 4.99 Å². The van der Waals surface area contributed by atoms with Crippen molar-refractivity contribution in [2.45, 2.75) is 26.4 Å². The number of aliphatic imine (C=N–C) groups is 1. The molecule has 0 saturated carbocycles.